The number of thiazole rings is 1. The lowest BCUT2D eigenvalue weighted by Gasteiger charge is -2.14. The Hall–Kier alpha value is -2.08. The van der Waals surface area contributed by atoms with Crippen LogP contribution in [0.4, 0.5) is 5.69 Å². The van der Waals surface area contributed by atoms with Crippen LogP contribution in [0, 0.1) is 13.8 Å². The fraction of sp³-hybridized carbons (Fsp3) is 0.444. The topological polar surface area (TPSA) is 52.6 Å². The number of aryl methyl sites for hydroxylation is 2. The molecule has 2 N–H and O–H groups in total. The molecule has 0 aliphatic heterocycles. The monoisotopic (exact) mass is 345 g/mol. The van der Waals surface area contributed by atoms with Crippen molar-refractivity contribution in [3.63, 3.8) is 0 Å². The Morgan fingerprint density at radius 2 is 1.88 bits per heavy atom. The maximum absolute atomic E-state index is 4.56. The minimum absolute atomic E-state index is 0.753. The largest absolute Gasteiger partial charge is 0.378 e. The second-order valence-corrected chi connectivity index (χ2v) is 7.20. The lowest BCUT2D eigenvalue weighted by molar-refractivity contribution is 0.791. The number of hydrogen-bond acceptors (Lipinski definition) is 4. The highest BCUT2D eigenvalue weighted by Gasteiger charge is 2.04. The van der Waals surface area contributed by atoms with Crippen molar-refractivity contribution < 1.29 is 0 Å². The fourth-order valence-corrected chi connectivity index (χ4v) is 3.19. The Morgan fingerprint density at radius 1 is 1.17 bits per heavy atom. The standard InChI is InChI=1S/C18H27N5S/c1-13-14(2)24-17(22-13)10-11-20-18(19-3)21-12-15-6-8-16(9-7-15)23(4)5/h6-9H,10-12H2,1-5H3,(H2,19,20,21). The molecule has 0 spiro atoms. The third-order valence-electron chi connectivity index (χ3n) is 3.84. The van der Waals surface area contributed by atoms with Gasteiger partial charge in [0.05, 0.1) is 10.7 Å². The van der Waals surface area contributed by atoms with E-state index in [0.29, 0.717) is 0 Å². The molecule has 0 aliphatic carbocycles. The summed E-state index contributed by atoms with van der Waals surface area (Å²) >= 11 is 1.77. The second kappa shape index (κ2) is 8.68. The van der Waals surface area contributed by atoms with Crippen LogP contribution in [0.25, 0.3) is 0 Å². The zero-order chi connectivity index (χ0) is 17.5. The highest BCUT2D eigenvalue weighted by molar-refractivity contribution is 7.11. The molecule has 0 unspecified atom stereocenters. The highest BCUT2D eigenvalue weighted by atomic mass is 32.1. The molecule has 0 radical (unpaired) electrons. The van der Waals surface area contributed by atoms with Crippen LogP contribution in [0.15, 0.2) is 29.3 Å². The molecule has 130 valence electrons. The second-order valence-electron chi connectivity index (χ2n) is 5.91. The van der Waals surface area contributed by atoms with Gasteiger partial charge in [-0.1, -0.05) is 12.1 Å². The molecular weight excluding hydrogens is 318 g/mol. The Balaban J connectivity index is 1.77. The summed E-state index contributed by atoms with van der Waals surface area (Å²) in [6.45, 7) is 5.76. The number of nitrogens with zero attached hydrogens (tertiary/aromatic N) is 3. The van der Waals surface area contributed by atoms with E-state index in [1.165, 1.54) is 21.1 Å². The smallest absolute Gasteiger partial charge is 0.191 e. The van der Waals surface area contributed by atoms with Crippen molar-refractivity contribution in [3.05, 3.63) is 45.4 Å². The minimum Gasteiger partial charge on any atom is -0.378 e. The first-order chi connectivity index (χ1) is 11.5. The zero-order valence-electron chi connectivity index (χ0n) is 15.2. The highest BCUT2D eigenvalue weighted by Crippen LogP contribution is 2.16. The number of aromatic nitrogens is 1. The number of guanidine groups is 1. The van der Waals surface area contributed by atoms with E-state index in [0.717, 1.165) is 31.2 Å². The van der Waals surface area contributed by atoms with E-state index in [2.05, 4.69) is 63.6 Å². The SMILES string of the molecule is CN=C(NCCc1nc(C)c(C)s1)NCc1ccc(N(C)C)cc1. The van der Waals surface area contributed by atoms with Gasteiger partial charge in [-0.05, 0) is 31.5 Å². The minimum atomic E-state index is 0.753. The molecule has 0 amide bonds. The van der Waals surface area contributed by atoms with Crippen molar-refractivity contribution in [2.45, 2.75) is 26.8 Å². The molecule has 5 nitrogen and oxygen atoms in total. The Labute approximate surface area is 148 Å². The number of nitrogens with one attached hydrogen (secondary N) is 2. The summed E-state index contributed by atoms with van der Waals surface area (Å²) in [4.78, 5) is 12.2. The van der Waals surface area contributed by atoms with Crippen molar-refractivity contribution in [3.8, 4) is 0 Å². The van der Waals surface area contributed by atoms with Crippen molar-refractivity contribution in [2.75, 3.05) is 32.6 Å². The molecule has 0 atom stereocenters. The Kier molecular flexibility index (Phi) is 6.61. The van der Waals surface area contributed by atoms with Crippen molar-refractivity contribution in [1.29, 1.82) is 0 Å². The molecule has 0 saturated carbocycles. The average Bonchev–Trinajstić information content (AvgIpc) is 2.89. The lowest BCUT2D eigenvalue weighted by atomic mass is 10.2. The van der Waals surface area contributed by atoms with Crippen LogP contribution in [0.1, 0.15) is 21.1 Å². The van der Waals surface area contributed by atoms with Crippen LogP contribution in [0.3, 0.4) is 0 Å². The molecule has 1 aromatic carbocycles. The quantitative estimate of drug-likeness (QED) is 0.624. The van der Waals surface area contributed by atoms with Crippen molar-refractivity contribution >= 4 is 23.0 Å². The summed E-state index contributed by atoms with van der Waals surface area (Å²) < 4.78 is 0. The lowest BCUT2D eigenvalue weighted by Crippen LogP contribution is -2.37. The van der Waals surface area contributed by atoms with Gasteiger partial charge in [0, 0.05) is 51.2 Å². The number of benzene rings is 1. The number of rotatable bonds is 6. The Morgan fingerprint density at radius 3 is 2.42 bits per heavy atom. The normalized spacial score (nSPS) is 11.5. The molecule has 1 aromatic heterocycles. The maximum Gasteiger partial charge on any atom is 0.191 e. The molecule has 24 heavy (non-hydrogen) atoms. The van der Waals surface area contributed by atoms with E-state index in [1.54, 1.807) is 18.4 Å². The number of aliphatic imine (C=N–C) groups is 1. The van der Waals surface area contributed by atoms with E-state index in [4.69, 9.17) is 0 Å². The molecule has 0 fully saturated rings. The number of hydrogen-bond donors (Lipinski definition) is 2. The average molecular weight is 346 g/mol. The molecular formula is C18H27N5S. The van der Waals surface area contributed by atoms with Gasteiger partial charge in [0.2, 0.25) is 0 Å². The van der Waals surface area contributed by atoms with Gasteiger partial charge in [-0.15, -0.1) is 11.3 Å². The van der Waals surface area contributed by atoms with Crippen molar-refractivity contribution in [2.24, 2.45) is 4.99 Å². The zero-order valence-corrected chi connectivity index (χ0v) is 16.0. The molecule has 0 aliphatic rings. The summed E-state index contributed by atoms with van der Waals surface area (Å²) in [6.07, 6.45) is 0.914. The summed E-state index contributed by atoms with van der Waals surface area (Å²) in [5, 5.41) is 7.86. The third-order valence-corrected chi connectivity index (χ3v) is 4.97. The van der Waals surface area contributed by atoms with Gasteiger partial charge in [-0.2, -0.15) is 0 Å². The van der Waals surface area contributed by atoms with Gasteiger partial charge >= 0.3 is 0 Å². The Bertz CT molecular complexity index is 654. The van der Waals surface area contributed by atoms with Crippen LogP contribution in [-0.4, -0.2) is 38.6 Å². The molecule has 2 rings (SSSR count). The van der Waals surface area contributed by atoms with Crippen LogP contribution >= 0.6 is 11.3 Å². The van der Waals surface area contributed by atoms with Crippen molar-refractivity contribution in [1.82, 2.24) is 15.6 Å². The maximum atomic E-state index is 4.56. The van der Waals surface area contributed by atoms with Crippen LogP contribution in [0.5, 0.6) is 0 Å². The van der Waals surface area contributed by atoms with Gasteiger partial charge in [0.25, 0.3) is 0 Å². The molecule has 2 aromatic rings. The third kappa shape index (κ3) is 5.23. The van der Waals surface area contributed by atoms with Crippen LogP contribution in [0.2, 0.25) is 0 Å². The first-order valence-corrected chi connectivity index (χ1v) is 8.95. The predicted octanol–water partition coefficient (Wildman–Crippen LogP) is 2.73. The molecule has 6 heteroatoms. The molecule has 0 saturated heterocycles. The van der Waals surface area contributed by atoms with Gasteiger partial charge in [0.1, 0.15) is 0 Å². The van der Waals surface area contributed by atoms with E-state index in [9.17, 15) is 0 Å². The van der Waals surface area contributed by atoms with E-state index >= 15 is 0 Å². The van der Waals surface area contributed by atoms with E-state index in [1.807, 2.05) is 14.1 Å². The van der Waals surface area contributed by atoms with Gasteiger partial charge in [-0.25, -0.2) is 4.98 Å². The molecule has 1 heterocycles. The van der Waals surface area contributed by atoms with Gasteiger partial charge in [-0.3, -0.25) is 4.99 Å². The van der Waals surface area contributed by atoms with Gasteiger partial charge in [0.15, 0.2) is 5.96 Å². The summed E-state index contributed by atoms with van der Waals surface area (Å²) in [7, 11) is 5.89. The predicted molar refractivity (Wildman–Crippen MR) is 104 cm³/mol. The van der Waals surface area contributed by atoms with E-state index < -0.39 is 0 Å². The number of anilines is 1. The van der Waals surface area contributed by atoms with E-state index in [-0.39, 0.29) is 0 Å². The first kappa shape index (κ1) is 18.3. The summed E-state index contributed by atoms with van der Waals surface area (Å²) in [6, 6.07) is 8.52. The van der Waals surface area contributed by atoms with Gasteiger partial charge < -0.3 is 15.5 Å². The van der Waals surface area contributed by atoms with Crippen LogP contribution < -0.4 is 15.5 Å². The molecule has 0 bridgehead atoms. The van der Waals surface area contributed by atoms with Crippen LogP contribution in [-0.2, 0) is 13.0 Å². The summed E-state index contributed by atoms with van der Waals surface area (Å²) in [5.41, 5.74) is 3.57. The first-order valence-electron chi connectivity index (χ1n) is 8.13. The summed E-state index contributed by atoms with van der Waals surface area (Å²) in [5.74, 6) is 0.816. The fourth-order valence-electron chi connectivity index (χ4n) is 2.25.